The third kappa shape index (κ3) is 2.88. The fourth-order valence-corrected chi connectivity index (χ4v) is 1.73. The molecule has 0 unspecified atom stereocenters. The van der Waals surface area contributed by atoms with Crippen LogP contribution in [0.25, 0.3) is 0 Å². The maximum absolute atomic E-state index is 12.3. The molecule has 0 aliphatic rings. The molecule has 0 aliphatic carbocycles. The molecule has 0 radical (unpaired) electrons. The molecular formula is C15H15NO2. The van der Waals surface area contributed by atoms with E-state index in [0.717, 1.165) is 5.76 Å². The van der Waals surface area contributed by atoms with Crippen molar-refractivity contribution in [1.29, 1.82) is 0 Å². The minimum Gasteiger partial charge on any atom is -0.467 e. The van der Waals surface area contributed by atoms with Crippen molar-refractivity contribution in [3.63, 3.8) is 0 Å². The lowest BCUT2D eigenvalue weighted by Gasteiger charge is -2.19. The number of amides is 1. The van der Waals surface area contributed by atoms with Gasteiger partial charge in [-0.3, -0.25) is 4.79 Å². The first-order chi connectivity index (χ1) is 8.81. The summed E-state index contributed by atoms with van der Waals surface area (Å²) in [5.74, 6) is 0.744. The number of benzene rings is 1. The van der Waals surface area contributed by atoms with Gasteiger partial charge in [-0.05, 0) is 24.3 Å². The van der Waals surface area contributed by atoms with Gasteiger partial charge in [0, 0.05) is 12.1 Å². The summed E-state index contributed by atoms with van der Waals surface area (Å²) in [6.45, 7) is 4.63. The van der Waals surface area contributed by atoms with E-state index >= 15 is 0 Å². The van der Waals surface area contributed by atoms with Gasteiger partial charge < -0.3 is 9.32 Å². The largest absolute Gasteiger partial charge is 0.467 e. The molecule has 0 saturated carbocycles. The van der Waals surface area contributed by atoms with Gasteiger partial charge in [-0.2, -0.15) is 0 Å². The molecule has 0 N–H and O–H groups in total. The van der Waals surface area contributed by atoms with Crippen LogP contribution in [0, 0.1) is 0 Å². The molecule has 1 aromatic heterocycles. The summed E-state index contributed by atoms with van der Waals surface area (Å²) in [6.07, 6.45) is 3.32. The van der Waals surface area contributed by atoms with Gasteiger partial charge in [0.2, 0.25) is 0 Å². The van der Waals surface area contributed by atoms with Gasteiger partial charge in [-0.15, -0.1) is 6.58 Å². The predicted octanol–water partition coefficient (Wildman–Crippen LogP) is 3.11. The third-order valence-corrected chi connectivity index (χ3v) is 2.58. The summed E-state index contributed by atoms with van der Waals surface area (Å²) >= 11 is 0. The summed E-state index contributed by atoms with van der Waals surface area (Å²) in [4.78, 5) is 14.0. The summed E-state index contributed by atoms with van der Waals surface area (Å²) in [6, 6.07) is 12.9. The van der Waals surface area contributed by atoms with Crippen LogP contribution in [0.15, 0.2) is 65.8 Å². The highest BCUT2D eigenvalue weighted by Crippen LogP contribution is 2.10. The summed E-state index contributed by atoms with van der Waals surface area (Å²) in [7, 11) is 0. The first kappa shape index (κ1) is 12.2. The average Bonchev–Trinajstić information content (AvgIpc) is 2.91. The van der Waals surface area contributed by atoms with Gasteiger partial charge in [0.15, 0.2) is 0 Å². The van der Waals surface area contributed by atoms with Gasteiger partial charge in [-0.1, -0.05) is 24.3 Å². The van der Waals surface area contributed by atoms with Crippen molar-refractivity contribution in [2.24, 2.45) is 0 Å². The molecule has 3 nitrogen and oxygen atoms in total. The first-order valence-corrected chi connectivity index (χ1v) is 5.79. The third-order valence-electron chi connectivity index (χ3n) is 2.58. The Bertz CT molecular complexity index is 503. The van der Waals surface area contributed by atoms with Crippen molar-refractivity contribution in [2.45, 2.75) is 6.54 Å². The van der Waals surface area contributed by atoms with Crippen LogP contribution in [0.2, 0.25) is 0 Å². The number of rotatable bonds is 5. The second-order valence-electron chi connectivity index (χ2n) is 3.92. The summed E-state index contributed by atoms with van der Waals surface area (Å²) in [5, 5.41) is 0. The van der Waals surface area contributed by atoms with Crippen LogP contribution in [0.3, 0.4) is 0 Å². The molecular weight excluding hydrogens is 226 g/mol. The lowest BCUT2D eigenvalue weighted by molar-refractivity contribution is 0.0752. The minimum absolute atomic E-state index is 0.0214. The highest BCUT2D eigenvalue weighted by atomic mass is 16.3. The second kappa shape index (κ2) is 5.87. The van der Waals surface area contributed by atoms with Crippen molar-refractivity contribution in [3.05, 3.63) is 72.7 Å². The van der Waals surface area contributed by atoms with Crippen LogP contribution in [0.4, 0.5) is 0 Å². The Morgan fingerprint density at radius 3 is 2.61 bits per heavy atom. The molecule has 2 aromatic rings. The molecule has 3 heteroatoms. The topological polar surface area (TPSA) is 33.5 Å². The van der Waals surface area contributed by atoms with Gasteiger partial charge in [0.1, 0.15) is 5.76 Å². The lowest BCUT2D eigenvalue weighted by atomic mass is 10.2. The normalized spacial score (nSPS) is 10.0. The number of hydrogen-bond acceptors (Lipinski definition) is 2. The fraction of sp³-hybridized carbons (Fsp3) is 0.133. The van der Waals surface area contributed by atoms with E-state index in [9.17, 15) is 4.79 Å². The van der Waals surface area contributed by atoms with Crippen molar-refractivity contribution in [3.8, 4) is 0 Å². The zero-order chi connectivity index (χ0) is 12.8. The van der Waals surface area contributed by atoms with Crippen molar-refractivity contribution < 1.29 is 9.21 Å². The average molecular weight is 241 g/mol. The highest BCUT2D eigenvalue weighted by Gasteiger charge is 2.15. The molecule has 0 spiro atoms. The molecule has 2 rings (SSSR count). The zero-order valence-corrected chi connectivity index (χ0v) is 10.1. The van der Waals surface area contributed by atoms with Gasteiger partial charge >= 0.3 is 0 Å². The van der Waals surface area contributed by atoms with E-state index in [4.69, 9.17) is 4.42 Å². The van der Waals surface area contributed by atoms with E-state index in [1.54, 1.807) is 29.4 Å². The van der Waals surface area contributed by atoms with Crippen LogP contribution in [0.5, 0.6) is 0 Å². The Kier molecular flexibility index (Phi) is 3.97. The fourth-order valence-electron chi connectivity index (χ4n) is 1.73. The van der Waals surface area contributed by atoms with Gasteiger partial charge in [0.05, 0.1) is 12.8 Å². The number of hydrogen-bond donors (Lipinski definition) is 0. The maximum Gasteiger partial charge on any atom is 0.254 e. The van der Waals surface area contributed by atoms with Crippen LogP contribution in [-0.2, 0) is 6.54 Å². The summed E-state index contributed by atoms with van der Waals surface area (Å²) in [5.41, 5.74) is 0.672. The molecule has 18 heavy (non-hydrogen) atoms. The van der Waals surface area contributed by atoms with Crippen molar-refractivity contribution in [1.82, 2.24) is 4.90 Å². The lowest BCUT2D eigenvalue weighted by Crippen LogP contribution is -2.30. The van der Waals surface area contributed by atoms with Crippen LogP contribution in [0.1, 0.15) is 16.1 Å². The number of carbonyl (C=O) groups is 1. The number of furan rings is 1. The maximum atomic E-state index is 12.3. The van der Waals surface area contributed by atoms with E-state index in [1.807, 2.05) is 30.3 Å². The quantitative estimate of drug-likeness (QED) is 0.754. The molecule has 1 amide bonds. The minimum atomic E-state index is -0.0214. The van der Waals surface area contributed by atoms with Crippen LogP contribution in [-0.4, -0.2) is 17.4 Å². The second-order valence-corrected chi connectivity index (χ2v) is 3.92. The van der Waals surface area contributed by atoms with Crippen molar-refractivity contribution in [2.75, 3.05) is 6.54 Å². The Balaban J connectivity index is 2.14. The molecule has 0 aliphatic heterocycles. The first-order valence-electron chi connectivity index (χ1n) is 5.79. The van der Waals surface area contributed by atoms with Gasteiger partial charge in [-0.25, -0.2) is 0 Å². The predicted molar refractivity (Wildman–Crippen MR) is 70.1 cm³/mol. The molecule has 1 heterocycles. The van der Waals surface area contributed by atoms with Crippen LogP contribution >= 0.6 is 0 Å². The molecule has 1 aromatic carbocycles. The van der Waals surface area contributed by atoms with E-state index in [-0.39, 0.29) is 5.91 Å². The molecule has 0 fully saturated rings. The Morgan fingerprint density at radius 2 is 2.00 bits per heavy atom. The van der Waals surface area contributed by atoms with E-state index < -0.39 is 0 Å². The SMILES string of the molecule is C=CCN(Cc1ccco1)C(=O)c1ccccc1. The van der Waals surface area contributed by atoms with E-state index in [2.05, 4.69) is 6.58 Å². The zero-order valence-electron chi connectivity index (χ0n) is 10.1. The smallest absolute Gasteiger partial charge is 0.254 e. The monoisotopic (exact) mass is 241 g/mol. The van der Waals surface area contributed by atoms with Crippen LogP contribution < -0.4 is 0 Å². The number of nitrogens with zero attached hydrogens (tertiary/aromatic N) is 1. The van der Waals surface area contributed by atoms with E-state index in [0.29, 0.717) is 18.7 Å². The molecule has 92 valence electrons. The standard InChI is InChI=1S/C15H15NO2/c1-2-10-16(12-14-9-6-11-18-14)15(17)13-7-4-3-5-8-13/h2-9,11H,1,10,12H2. The number of carbonyl (C=O) groups excluding carboxylic acids is 1. The molecule has 0 bridgehead atoms. The molecule has 0 saturated heterocycles. The van der Waals surface area contributed by atoms with Gasteiger partial charge in [0.25, 0.3) is 5.91 Å². The Labute approximate surface area is 106 Å². The van der Waals surface area contributed by atoms with E-state index in [1.165, 1.54) is 0 Å². The Morgan fingerprint density at radius 1 is 1.22 bits per heavy atom. The summed E-state index contributed by atoms with van der Waals surface area (Å²) < 4.78 is 5.27. The highest BCUT2D eigenvalue weighted by molar-refractivity contribution is 5.94. The van der Waals surface area contributed by atoms with Crippen molar-refractivity contribution >= 4 is 5.91 Å². The Hall–Kier alpha value is -2.29. The molecule has 0 atom stereocenters.